The highest BCUT2D eigenvalue weighted by molar-refractivity contribution is 7.89. The Morgan fingerprint density at radius 3 is 2.46 bits per heavy atom. The van der Waals surface area contributed by atoms with Gasteiger partial charge in [0.2, 0.25) is 10.0 Å². The predicted molar refractivity (Wildman–Crippen MR) is 97.4 cm³/mol. The molecule has 0 amide bonds. The van der Waals surface area contributed by atoms with Crippen molar-refractivity contribution >= 4 is 21.6 Å². The smallest absolute Gasteiger partial charge is 0.240 e. The van der Waals surface area contributed by atoms with Crippen molar-refractivity contribution < 1.29 is 13.2 Å². The van der Waals surface area contributed by atoms with Gasteiger partial charge in [0.15, 0.2) is 0 Å². The van der Waals surface area contributed by atoms with Crippen molar-refractivity contribution in [3.63, 3.8) is 0 Å². The van der Waals surface area contributed by atoms with Crippen LogP contribution in [-0.4, -0.2) is 22.1 Å². The number of sulfonamides is 1. The lowest BCUT2D eigenvalue weighted by Gasteiger charge is -2.13. The summed E-state index contributed by atoms with van der Waals surface area (Å²) in [6, 6.07) is 10.9. The highest BCUT2D eigenvalue weighted by Gasteiger charge is 2.18. The highest BCUT2D eigenvalue weighted by atomic mass is 35.5. The third-order valence-electron chi connectivity index (χ3n) is 4.07. The van der Waals surface area contributed by atoms with Crippen LogP contribution in [0.2, 0.25) is 5.02 Å². The molecule has 1 N–H and O–H groups in total. The molecule has 0 unspecified atom stereocenters. The third-order valence-corrected chi connectivity index (χ3v) is 6.04. The van der Waals surface area contributed by atoms with Gasteiger partial charge in [-0.3, -0.25) is 0 Å². The molecule has 0 aliphatic carbocycles. The summed E-state index contributed by atoms with van der Waals surface area (Å²) >= 11 is 6.11. The first-order valence-electron chi connectivity index (χ1n) is 7.74. The predicted octanol–water partition coefficient (Wildman–Crippen LogP) is 3.88. The fourth-order valence-corrected chi connectivity index (χ4v) is 4.15. The molecule has 24 heavy (non-hydrogen) atoms. The Labute approximate surface area is 148 Å². The van der Waals surface area contributed by atoms with Gasteiger partial charge >= 0.3 is 0 Å². The van der Waals surface area contributed by atoms with Crippen LogP contribution in [0.25, 0.3) is 0 Å². The largest absolute Gasteiger partial charge is 0.496 e. The van der Waals surface area contributed by atoms with E-state index in [1.54, 1.807) is 26.2 Å². The first-order valence-corrected chi connectivity index (χ1v) is 9.60. The summed E-state index contributed by atoms with van der Waals surface area (Å²) in [5, 5.41) is 0.710. The van der Waals surface area contributed by atoms with Gasteiger partial charge in [0, 0.05) is 11.6 Å². The van der Waals surface area contributed by atoms with Gasteiger partial charge in [-0.05, 0) is 61.6 Å². The summed E-state index contributed by atoms with van der Waals surface area (Å²) in [6.07, 6.45) is 1.40. The second kappa shape index (κ2) is 8.01. The van der Waals surface area contributed by atoms with E-state index < -0.39 is 10.0 Å². The summed E-state index contributed by atoms with van der Waals surface area (Å²) in [6.45, 7) is 4.00. The molecule has 130 valence electrons. The van der Waals surface area contributed by atoms with Crippen molar-refractivity contribution in [2.75, 3.05) is 13.7 Å². The number of benzene rings is 2. The second-order valence-corrected chi connectivity index (χ2v) is 7.75. The Hall–Kier alpha value is -1.56. The maximum Gasteiger partial charge on any atom is 0.240 e. The first kappa shape index (κ1) is 18.8. The molecule has 2 aromatic rings. The number of methoxy groups -OCH3 is 1. The van der Waals surface area contributed by atoms with E-state index in [4.69, 9.17) is 16.3 Å². The summed E-state index contributed by atoms with van der Waals surface area (Å²) in [7, 11) is -1.97. The molecule has 2 rings (SSSR count). The summed E-state index contributed by atoms with van der Waals surface area (Å²) in [5.41, 5.74) is 2.55. The van der Waals surface area contributed by atoms with Crippen LogP contribution in [0.1, 0.15) is 23.1 Å². The monoisotopic (exact) mass is 367 g/mol. The average Bonchev–Trinajstić information content (AvgIpc) is 2.55. The molecule has 2 aromatic carbocycles. The maximum absolute atomic E-state index is 12.5. The van der Waals surface area contributed by atoms with E-state index in [9.17, 15) is 8.42 Å². The minimum absolute atomic E-state index is 0.290. The van der Waals surface area contributed by atoms with Gasteiger partial charge in [-0.2, -0.15) is 0 Å². The van der Waals surface area contributed by atoms with E-state index in [0.29, 0.717) is 34.2 Å². The van der Waals surface area contributed by atoms with E-state index in [1.807, 2.05) is 31.2 Å². The van der Waals surface area contributed by atoms with Gasteiger partial charge in [-0.25, -0.2) is 13.1 Å². The molecule has 6 heteroatoms. The molecule has 0 saturated carbocycles. The van der Waals surface area contributed by atoms with Crippen LogP contribution in [0.3, 0.4) is 0 Å². The Balaban J connectivity index is 2.02. The van der Waals surface area contributed by atoms with E-state index >= 15 is 0 Å². The van der Waals surface area contributed by atoms with Crippen molar-refractivity contribution in [3.8, 4) is 5.75 Å². The van der Waals surface area contributed by atoms with Crippen LogP contribution >= 0.6 is 11.6 Å². The van der Waals surface area contributed by atoms with Gasteiger partial charge in [0.05, 0.1) is 12.0 Å². The van der Waals surface area contributed by atoms with Crippen LogP contribution in [0.5, 0.6) is 5.75 Å². The van der Waals surface area contributed by atoms with Crippen molar-refractivity contribution in [2.24, 2.45) is 0 Å². The molecule has 0 radical (unpaired) electrons. The second-order valence-electron chi connectivity index (χ2n) is 5.61. The van der Waals surface area contributed by atoms with E-state index in [-0.39, 0.29) is 0 Å². The first-order chi connectivity index (χ1) is 11.4. The average molecular weight is 368 g/mol. The lowest BCUT2D eigenvalue weighted by atomic mass is 10.1. The van der Waals surface area contributed by atoms with Gasteiger partial charge < -0.3 is 4.74 Å². The van der Waals surface area contributed by atoms with Crippen molar-refractivity contribution in [3.05, 3.63) is 58.1 Å². The van der Waals surface area contributed by atoms with Crippen molar-refractivity contribution in [1.82, 2.24) is 4.72 Å². The number of ether oxygens (including phenoxy) is 1. The minimum Gasteiger partial charge on any atom is -0.496 e. The van der Waals surface area contributed by atoms with Crippen LogP contribution in [0.15, 0.2) is 41.3 Å². The Morgan fingerprint density at radius 2 is 1.79 bits per heavy atom. The van der Waals surface area contributed by atoms with Gasteiger partial charge in [0.1, 0.15) is 5.75 Å². The molecule has 0 bridgehead atoms. The number of nitrogens with one attached hydrogen (secondary N) is 1. The van der Waals surface area contributed by atoms with E-state index in [0.717, 1.165) is 17.5 Å². The standard InChI is InChI=1S/C18H22ClNO3S/c1-13-14(2)18(11-10-17(13)23-3)24(21,22)20-12-6-8-15-7-4-5-9-16(15)19/h4-5,7,9-11,20H,6,8,12H2,1-3H3. The molecular weight excluding hydrogens is 346 g/mol. The van der Waals surface area contributed by atoms with Crippen LogP contribution < -0.4 is 9.46 Å². The molecule has 0 fully saturated rings. The molecule has 0 aliphatic heterocycles. The van der Waals surface area contributed by atoms with Crippen molar-refractivity contribution in [2.45, 2.75) is 31.6 Å². The molecule has 0 atom stereocenters. The Bertz CT molecular complexity index is 819. The summed E-state index contributed by atoms with van der Waals surface area (Å²) in [5.74, 6) is 0.685. The normalized spacial score (nSPS) is 11.5. The zero-order chi connectivity index (χ0) is 17.7. The molecule has 0 heterocycles. The van der Waals surface area contributed by atoms with Gasteiger partial charge in [0.25, 0.3) is 0 Å². The van der Waals surface area contributed by atoms with Crippen LogP contribution in [0, 0.1) is 13.8 Å². The summed E-state index contributed by atoms with van der Waals surface area (Å²) in [4.78, 5) is 0.290. The number of hydrogen-bond donors (Lipinski definition) is 1. The third kappa shape index (κ3) is 4.29. The SMILES string of the molecule is COc1ccc(S(=O)(=O)NCCCc2ccccc2Cl)c(C)c1C. The van der Waals surface area contributed by atoms with Gasteiger partial charge in [-0.15, -0.1) is 0 Å². The molecule has 4 nitrogen and oxygen atoms in total. The molecular formula is C18H22ClNO3S. The molecule has 0 saturated heterocycles. The zero-order valence-electron chi connectivity index (χ0n) is 14.1. The number of aryl methyl sites for hydroxylation is 1. The Kier molecular flexibility index (Phi) is 6.27. The highest BCUT2D eigenvalue weighted by Crippen LogP contribution is 2.26. The molecule has 0 aliphatic rings. The van der Waals surface area contributed by atoms with E-state index in [1.165, 1.54) is 0 Å². The topological polar surface area (TPSA) is 55.4 Å². The molecule has 0 aromatic heterocycles. The minimum atomic E-state index is -3.54. The fraction of sp³-hybridized carbons (Fsp3) is 0.333. The maximum atomic E-state index is 12.5. The van der Waals surface area contributed by atoms with Crippen LogP contribution in [0.4, 0.5) is 0 Å². The fourth-order valence-electron chi connectivity index (χ4n) is 2.55. The lowest BCUT2D eigenvalue weighted by Crippen LogP contribution is -2.26. The Morgan fingerprint density at radius 1 is 1.08 bits per heavy atom. The zero-order valence-corrected chi connectivity index (χ0v) is 15.7. The number of hydrogen-bond acceptors (Lipinski definition) is 3. The van der Waals surface area contributed by atoms with Crippen molar-refractivity contribution in [1.29, 1.82) is 0 Å². The van der Waals surface area contributed by atoms with E-state index in [2.05, 4.69) is 4.72 Å². The van der Waals surface area contributed by atoms with Crippen LogP contribution in [-0.2, 0) is 16.4 Å². The lowest BCUT2D eigenvalue weighted by molar-refractivity contribution is 0.410. The molecule has 0 spiro atoms. The quantitative estimate of drug-likeness (QED) is 0.755. The van der Waals surface area contributed by atoms with Gasteiger partial charge in [-0.1, -0.05) is 29.8 Å². The number of rotatable bonds is 7. The summed E-state index contributed by atoms with van der Waals surface area (Å²) < 4.78 is 32.9. The number of halogens is 1.